The van der Waals surface area contributed by atoms with Gasteiger partial charge in [0.15, 0.2) is 11.5 Å². The molecule has 5 N–H and O–H groups in total. The van der Waals surface area contributed by atoms with Crippen molar-refractivity contribution in [1.29, 1.82) is 0 Å². The minimum Gasteiger partial charge on any atom is -0.504 e. The molecule has 1 aromatic carbocycles. The van der Waals surface area contributed by atoms with Gasteiger partial charge < -0.3 is 30.3 Å². The smallest absolute Gasteiger partial charge is 0.331 e. The lowest BCUT2D eigenvalue weighted by atomic mass is 9.33. The van der Waals surface area contributed by atoms with E-state index in [9.17, 15) is 35.1 Å². The zero-order valence-electron chi connectivity index (χ0n) is 28.9. The predicted molar refractivity (Wildman–Crippen MR) is 178 cm³/mol. The van der Waals surface area contributed by atoms with Gasteiger partial charge in [0.25, 0.3) is 0 Å². The van der Waals surface area contributed by atoms with Crippen LogP contribution in [0.2, 0.25) is 0 Å². The van der Waals surface area contributed by atoms with Gasteiger partial charge in [0.1, 0.15) is 6.10 Å². The molecule has 4 saturated carbocycles. The maximum Gasteiger partial charge on any atom is 0.331 e. The van der Waals surface area contributed by atoms with Gasteiger partial charge in [0.2, 0.25) is 0 Å². The molecule has 2 unspecified atom stereocenters. The Bertz CT molecular complexity index is 1510. The normalized spacial score (nSPS) is 43.9. The topological polar surface area (TPSA) is 145 Å². The second-order valence-electron chi connectivity index (χ2n) is 17.6. The number of carboxylic acids is 1. The minimum atomic E-state index is -0.978. The summed E-state index contributed by atoms with van der Waals surface area (Å²) in [6, 6.07) is 4.23. The number of hydrogen-bond acceptors (Lipinski definition) is 7. The Balaban J connectivity index is 1.30. The van der Waals surface area contributed by atoms with Crippen molar-refractivity contribution in [3.63, 3.8) is 0 Å². The number of phenols is 2. The maximum absolute atomic E-state index is 13.1. The molecule has 0 aliphatic heterocycles. The minimum absolute atomic E-state index is 0.00818. The van der Waals surface area contributed by atoms with Gasteiger partial charge in [0, 0.05) is 11.5 Å². The van der Waals surface area contributed by atoms with E-state index in [1.807, 2.05) is 6.92 Å². The van der Waals surface area contributed by atoms with Gasteiger partial charge >= 0.3 is 11.9 Å². The van der Waals surface area contributed by atoms with Crippen LogP contribution in [-0.2, 0) is 14.3 Å². The summed E-state index contributed by atoms with van der Waals surface area (Å²) in [6.45, 7) is 13.3. The third kappa shape index (κ3) is 4.90. The van der Waals surface area contributed by atoms with Crippen molar-refractivity contribution in [2.45, 2.75) is 112 Å². The average Bonchev–Trinajstić information content (AvgIpc) is 2.99. The molecule has 8 nitrogen and oxygen atoms in total. The van der Waals surface area contributed by atoms with Gasteiger partial charge in [-0.1, -0.05) is 59.3 Å². The van der Waals surface area contributed by atoms with Crippen molar-refractivity contribution in [1.82, 2.24) is 0 Å². The number of carboxylic acid groups (broad SMARTS) is 1. The van der Waals surface area contributed by atoms with Gasteiger partial charge in [-0.15, -0.1) is 0 Å². The van der Waals surface area contributed by atoms with Gasteiger partial charge in [-0.05, 0) is 121 Å². The van der Waals surface area contributed by atoms with Crippen LogP contribution in [0.25, 0.3) is 6.08 Å². The molecular weight excluding hydrogens is 596 g/mol. The number of fused-ring (bicyclic) bond motifs is 7. The van der Waals surface area contributed by atoms with E-state index in [2.05, 4.69) is 40.7 Å². The zero-order valence-corrected chi connectivity index (χ0v) is 28.9. The molecule has 0 amide bonds. The largest absolute Gasteiger partial charge is 0.504 e. The molecule has 5 aliphatic carbocycles. The number of aliphatic carboxylic acids is 1. The van der Waals surface area contributed by atoms with Crippen LogP contribution in [0.15, 0.2) is 35.9 Å². The van der Waals surface area contributed by atoms with Gasteiger partial charge in [-0.25, -0.2) is 4.79 Å². The molecule has 0 bridgehead atoms. The fourth-order valence-electron chi connectivity index (χ4n) is 11.9. The highest BCUT2D eigenvalue weighted by molar-refractivity contribution is 5.87. The molecular formula is C39H54O8. The highest BCUT2D eigenvalue weighted by atomic mass is 16.6. The SMILES string of the molecule is CC1(C)CC[C@]2(C(=O)O)CC[C@]3(C)C(=CC[C@@H]4[C@@]5(C)CC(O)C(OC(=O)/C=C/c6ccc(O)c(O)c6)[C@@](C)(CO)[C@@H]5CC[C@]43C)[C@@H]2C1. The fourth-order valence-corrected chi connectivity index (χ4v) is 11.9. The lowest BCUT2D eigenvalue weighted by molar-refractivity contribution is -0.249. The first-order valence-electron chi connectivity index (χ1n) is 17.5. The molecule has 0 saturated heterocycles. The van der Waals surface area contributed by atoms with Crippen LogP contribution in [0, 0.1) is 50.2 Å². The van der Waals surface area contributed by atoms with E-state index in [0.717, 1.165) is 44.9 Å². The average molecular weight is 651 g/mol. The summed E-state index contributed by atoms with van der Waals surface area (Å²) in [5.41, 5.74) is -0.262. The third-order valence-corrected chi connectivity index (χ3v) is 14.8. The molecule has 5 aliphatic rings. The lowest BCUT2D eigenvalue weighted by Gasteiger charge is -2.71. The fraction of sp³-hybridized carbons (Fsp3) is 0.692. The van der Waals surface area contributed by atoms with E-state index in [1.54, 1.807) is 6.07 Å². The number of ether oxygens (including phenoxy) is 1. The first kappa shape index (κ1) is 34.0. The van der Waals surface area contributed by atoms with Crippen molar-refractivity contribution in [3.8, 4) is 11.5 Å². The molecule has 1 aromatic rings. The monoisotopic (exact) mass is 650 g/mol. The first-order chi connectivity index (χ1) is 21.9. The zero-order chi connectivity index (χ0) is 34.4. The molecule has 8 heteroatoms. The Hall–Kier alpha value is -2.84. The van der Waals surface area contributed by atoms with Gasteiger partial charge in [-0.2, -0.15) is 0 Å². The van der Waals surface area contributed by atoms with E-state index >= 15 is 0 Å². The molecule has 6 rings (SSSR count). The number of carbonyl (C=O) groups is 2. The number of aliphatic hydroxyl groups is 2. The van der Waals surface area contributed by atoms with E-state index < -0.39 is 35.0 Å². The van der Waals surface area contributed by atoms with Gasteiger partial charge in [-0.3, -0.25) is 4.79 Å². The van der Waals surface area contributed by atoms with Crippen LogP contribution in [0.1, 0.15) is 105 Å². The number of aliphatic hydroxyl groups excluding tert-OH is 2. The van der Waals surface area contributed by atoms with Crippen LogP contribution in [0.3, 0.4) is 0 Å². The Morgan fingerprint density at radius 2 is 1.64 bits per heavy atom. The standard InChI is InChI=1S/C39H54O8/c1-34(2)15-17-39(33(45)46)18-16-37(5)24(25(39)20-34)9-11-30-35(3)21-28(43)32(36(4,22-40)29(35)13-14-38(30,37)6)47-31(44)12-8-23-7-10-26(41)27(42)19-23/h7-10,12,19,25,28-30,32,40-43H,11,13-18,20-22H2,1-6H3,(H,45,46)/b12-8+/t25-,28?,29+,30+,32?,35-,36-,37+,38+,39-/m0/s1. The number of hydrogen-bond donors (Lipinski definition) is 5. The first-order valence-corrected chi connectivity index (χ1v) is 17.5. The molecule has 0 heterocycles. The predicted octanol–water partition coefficient (Wildman–Crippen LogP) is 6.85. The van der Waals surface area contributed by atoms with Crippen molar-refractivity contribution >= 4 is 18.0 Å². The summed E-state index contributed by atoms with van der Waals surface area (Å²) in [6.07, 6.45) is 10.3. The number of benzene rings is 1. The Labute approximate surface area is 278 Å². The molecule has 0 spiro atoms. The quantitative estimate of drug-likeness (QED) is 0.101. The summed E-state index contributed by atoms with van der Waals surface area (Å²) in [5.74, 6) is -1.63. The highest BCUT2D eigenvalue weighted by Gasteiger charge is 2.71. The molecule has 10 atom stereocenters. The second-order valence-corrected chi connectivity index (χ2v) is 17.6. The van der Waals surface area contributed by atoms with E-state index in [-0.39, 0.29) is 57.5 Å². The molecule has 258 valence electrons. The Morgan fingerprint density at radius 3 is 2.30 bits per heavy atom. The van der Waals surface area contributed by atoms with Crippen LogP contribution in [-0.4, -0.2) is 56.3 Å². The summed E-state index contributed by atoms with van der Waals surface area (Å²) in [4.78, 5) is 26.0. The maximum atomic E-state index is 13.1. The van der Waals surface area contributed by atoms with Crippen LogP contribution < -0.4 is 0 Å². The summed E-state index contributed by atoms with van der Waals surface area (Å²) in [5, 5.41) is 52.8. The van der Waals surface area contributed by atoms with Crippen molar-refractivity contribution in [3.05, 3.63) is 41.5 Å². The van der Waals surface area contributed by atoms with Crippen molar-refractivity contribution < 1.29 is 39.9 Å². The number of carbonyl (C=O) groups excluding carboxylic acids is 1. The third-order valence-electron chi connectivity index (χ3n) is 14.8. The molecule has 4 fully saturated rings. The Kier molecular flexibility index (Phi) is 8.03. The number of aromatic hydroxyl groups is 2. The lowest BCUT2D eigenvalue weighted by Crippen LogP contribution is -2.68. The summed E-state index contributed by atoms with van der Waals surface area (Å²) in [7, 11) is 0. The molecule has 0 radical (unpaired) electrons. The number of phenolic OH excluding ortho intramolecular Hbond substituents is 2. The van der Waals surface area contributed by atoms with Gasteiger partial charge in [0.05, 0.1) is 18.1 Å². The second kappa shape index (κ2) is 11.1. The van der Waals surface area contributed by atoms with Crippen LogP contribution in [0.5, 0.6) is 11.5 Å². The number of allylic oxidation sites excluding steroid dienone is 2. The Morgan fingerprint density at radius 1 is 0.936 bits per heavy atom. The van der Waals surface area contributed by atoms with Crippen molar-refractivity contribution in [2.24, 2.45) is 50.2 Å². The highest BCUT2D eigenvalue weighted by Crippen LogP contribution is 2.75. The summed E-state index contributed by atoms with van der Waals surface area (Å²) >= 11 is 0. The van der Waals surface area contributed by atoms with E-state index in [4.69, 9.17) is 4.74 Å². The molecule has 47 heavy (non-hydrogen) atoms. The van der Waals surface area contributed by atoms with E-state index in [1.165, 1.54) is 29.9 Å². The van der Waals surface area contributed by atoms with Crippen LogP contribution in [0.4, 0.5) is 0 Å². The number of rotatable bonds is 5. The van der Waals surface area contributed by atoms with Crippen molar-refractivity contribution in [2.75, 3.05) is 6.61 Å². The summed E-state index contributed by atoms with van der Waals surface area (Å²) < 4.78 is 5.94. The molecule has 0 aromatic heterocycles. The van der Waals surface area contributed by atoms with Crippen LogP contribution >= 0.6 is 0 Å². The number of esters is 1. The van der Waals surface area contributed by atoms with E-state index in [0.29, 0.717) is 18.4 Å².